The highest BCUT2D eigenvalue weighted by Gasteiger charge is 2.72. The fourth-order valence-electron chi connectivity index (χ4n) is 8.96. The number of carbonyl (C=O) groups is 1. The van der Waals surface area contributed by atoms with E-state index in [9.17, 15) is 25.2 Å². The number of benzene rings is 6. The van der Waals surface area contributed by atoms with E-state index in [1.54, 1.807) is 17.4 Å². The predicted octanol–water partition coefficient (Wildman–Crippen LogP) is 8.24. The Labute approximate surface area is 348 Å². The van der Waals surface area contributed by atoms with E-state index < -0.39 is 41.1 Å². The molecular weight excluding hydrogens is 757 g/mol. The number of methoxy groups -OCH3 is 1. The lowest BCUT2D eigenvalue weighted by Crippen LogP contribution is -2.81. The summed E-state index contributed by atoms with van der Waals surface area (Å²) in [6.07, 6.45) is -4.29. The standard InChI is InChI=1S/C51H48O7S/c1-57-48(53)42-27-26-39(28-41-31-40-24-14-15-25-45(40)59-41)29-43(42)46-49(54,32-36-18-8-3-9-19-36)51(56,34-38-22-12-5-13-23-38)50(55,33-37-20-10-4-11-21-37)47(58-46)44(52)30-35-16-6-2-7-17-35/h2-27,29,31,44,46-47,52,54-56H,28,30,32-34H2,1H3/t44?,46-,47+,49-,50+,51+/m0/s1. The van der Waals surface area contributed by atoms with Gasteiger partial charge in [0.25, 0.3) is 0 Å². The van der Waals surface area contributed by atoms with Gasteiger partial charge in [0.05, 0.1) is 18.8 Å². The summed E-state index contributed by atoms with van der Waals surface area (Å²) >= 11 is 1.68. The van der Waals surface area contributed by atoms with Gasteiger partial charge in [0, 0.05) is 41.7 Å². The second kappa shape index (κ2) is 17.0. The molecule has 1 aromatic heterocycles. The number of fused-ring (bicyclic) bond motifs is 1. The third kappa shape index (κ3) is 8.00. The maximum atomic E-state index is 14.0. The minimum absolute atomic E-state index is 0.0731. The molecule has 6 atom stereocenters. The van der Waals surface area contributed by atoms with Crippen LogP contribution in [0.5, 0.6) is 0 Å². The molecule has 1 saturated heterocycles. The van der Waals surface area contributed by atoms with Crippen LogP contribution in [0.3, 0.4) is 0 Å². The Hall–Kier alpha value is -5.45. The Morgan fingerprint density at radius 1 is 0.644 bits per heavy atom. The zero-order valence-corrected chi connectivity index (χ0v) is 33.7. The van der Waals surface area contributed by atoms with Gasteiger partial charge in [-0.25, -0.2) is 4.79 Å². The van der Waals surface area contributed by atoms with Crippen molar-refractivity contribution in [2.24, 2.45) is 0 Å². The Morgan fingerprint density at radius 2 is 1.17 bits per heavy atom. The summed E-state index contributed by atoms with van der Waals surface area (Å²) in [5.41, 5.74) is -3.03. The molecule has 0 saturated carbocycles. The molecule has 59 heavy (non-hydrogen) atoms. The SMILES string of the molecule is COC(=O)c1ccc(Cc2cc3ccccc3s2)cc1[C@@H]1O[C@H](C(O)Cc2ccccc2)[C@](O)(Cc2ccccc2)[C@@](O)(Cc2ccccc2)[C@]1(O)Cc1ccccc1. The van der Waals surface area contributed by atoms with E-state index in [0.29, 0.717) is 23.1 Å². The monoisotopic (exact) mass is 804 g/mol. The van der Waals surface area contributed by atoms with Gasteiger partial charge in [-0.05, 0) is 57.0 Å². The van der Waals surface area contributed by atoms with Gasteiger partial charge < -0.3 is 29.9 Å². The van der Waals surface area contributed by atoms with Crippen LogP contribution in [0.15, 0.2) is 170 Å². The number of hydrogen-bond donors (Lipinski definition) is 4. The van der Waals surface area contributed by atoms with Gasteiger partial charge in [0.15, 0.2) is 0 Å². The zero-order valence-electron chi connectivity index (χ0n) is 32.9. The summed E-state index contributed by atoms with van der Waals surface area (Å²) in [4.78, 5) is 14.9. The lowest BCUT2D eigenvalue weighted by atomic mass is 9.56. The van der Waals surface area contributed by atoms with Crippen molar-refractivity contribution in [2.45, 2.75) is 67.2 Å². The molecule has 1 unspecified atom stereocenters. The van der Waals surface area contributed by atoms with Crippen LogP contribution in [0, 0.1) is 0 Å². The van der Waals surface area contributed by atoms with Gasteiger partial charge in [0.1, 0.15) is 29.0 Å². The quantitative estimate of drug-likeness (QED) is 0.0869. The highest BCUT2D eigenvalue weighted by molar-refractivity contribution is 7.19. The van der Waals surface area contributed by atoms with E-state index in [-0.39, 0.29) is 36.8 Å². The van der Waals surface area contributed by atoms with Crippen molar-refractivity contribution in [2.75, 3.05) is 7.11 Å². The van der Waals surface area contributed by atoms with Crippen molar-refractivity contribution in [3.8, 4) is 0 Å². The Balaban J connectivity index is 1.37. The normalized spacial score (nSPS) is 23.5. The van der Waals surface area contributed by atoms with Crippen LogP contribution in [0.4, 0.5) is 0 Å². The van der Waals surface area contributed by atoms with E-state index in [4.69, 9.17) is 9.47 Å². The van der Waals surface area contributed by atoms with Crippen molar-refractivity contribution in [3.05, 3.63) is 214 Å². The van der Waals surface area contributed by atoms with Crippen LogP contribution >= 0.6 is 11.3 Å². The molecule has 6 aromatic carbocycles. The van der Waals surface area contributed by atoms with E-state index >= 15 is 0 Å². The molecule has 8 heteroatoms. The first-order valence-corrected chi connectivity index (χ1v) is 20.8. The van der Waals surface area contributed by atoms with Crippen LogP contribution in [-0.2, 0) is 41.6 Å². The van der Waals surface area contributed by atoms with E-state index in [1.165, 1.54) is 7.11 Å². The highest BCUT2D eigenvalue weighted by atomic mass is 32.1. The van der Waals surface area contributed by atoms with E-state index in [2.05, 4.69) is 18.2 Å². The van der Waals surface area contributed by atoms with Gasteiger partial charge in [-0.2, -0.15) is 0 Å². The molecule has 1 aliphatic heterocycles. The van der Waals surface area contributed by atoms with Crippen molar-refractivity contribution >= 4 is 27.4 Å². The Bertz CT molecular complexity index is 2460. The minimum atomic E-state index is -2.42. The number of thiophene rings is 1. The third-order valence-electron chi connectivity index (χ3n) is 11.9. The number of aliphatic hydroxyl groups excluding tert-OH is 1. The van der Waals surface area contributed by atoms with Crippen molar-refractivity contribution in [1.29, 1.82) is 0 Å². The highest BCUT2D eigenvalue weighted by Crippen LogP contribution is 2.56. The molecular formula is C51H48O7S. The third-order valence-corrected chi connectivity index (χ3v) is 13.0. The van der Waals surface area contributed by atoms with E-state index in [1.807, 2.05) is 146 Å². The molecule has 7 aromatic rings. The smallest absolute Gasteiger partial charge is 0.338 e. The minimum Gasteiger partial charge on any atom is -0.465 e. The lowest BCUT2D eigenvalue weighted by Gasteiger charge is -2.62. The topological polar surface area (TPSA) is 116 Å². The van der Waals surface area contributed by atoms with Crippen molar-refractivity contribution in [1.82, 2.24) is 0 Å². The number of carbonyl (C=O) groups excluding carboxylic acids is 1. The first kappa shape index (κ1) is 40.3. The van der Waals surface area contributed by atoms with Crippen molar-refractivity contribution in [3.63, 3.8) is 0 Å². The molecule has 0 aliphatic carbocycles. The van der Waals surface area contributed by atoms with Gasteiger partial charge in [-0.1, -0.05) is 152 Å². The summed E-state index contributed by atoms with van der Waals surface area (Å²) < 4.78 is 13.6. The summed E-state index contributed by atoms with van der Waals surface area (Å²) in [5, 5.41) is 55.1. The molecule has 1 fully saturated rings. The molecule has 300 valence electrons. The fourth-order valence-corrected chi connectivity index (χ4v) is 10.1. The summed E-state index contributed by atoms with van der Waals surface area (Å²) in [6.45, 7) is 0. The largest absolute Gasteiger partial charge is 0.465 e. The number of esters is 1. The average Bonchev–Trinajstić information content (AvgIpc) is 3.67. The fraction of sp³-hybridized carbons (Fsp3) is 0.235. The Kier molecular flexibility index (Phi) is 11.6. The maximum absolute atomic E-state index is 14.0. The van der Waals surface area contributed by atoms with Gasteiger partial charge >= 0.3 is 5.97 Å². The summed E-state index contributed by atoms with van der Waals surface area (Å²) in [7, 11) is 1.30. The van der Waals surface area contributed by atoms with Gasteiger partial charge in [-0.3, -0.25) is 0 Å². The number of ether oxygens (including phenoxy) is 2. The maximum Gasteiger partial charge on any atom is 0.338 e. The second-order valence-electron chi connectivity index (χ2n) is 15.7. The molecule has 0 radical (unpaired) electrons. The molecule has 0 bridgehead atoms. The van der Waals surface area contributed by atoms with Crippen LogP contribution in [0.2, 0.25) is 0 Å². The average molecular weight is 805 g/mol. The van der Waals surface area contributed by atoms with Crippen molar-refractivity contribution < 1.29 is 34.7 Å². The molecule has 0 amide bonds. The Morgan fingerprint density at radius 3 is 1.75 bits per heavy atom. The first-order chi connectivity index (χ1) is 28.6. The van der Waals surface area contributed by atoms with Crippen LogP contribution in [-0.4, -0.2) is 62.5 Å². The van der Waals surface area contributed by atoms with Crippen LogP contribution in [0.1, 0.15) is 54.7 Å². The first-order valence-electron chi connectivity index (χ1n) is 20.0. The predicted molar refractivity (Wildman–Crippen MR) is 231 cm³/mol. The lowest BCUT2D eigenvalue weighted by molar-refractivity contribution is -0.368. The summed E-state index contributed by atoms with van der Waals surface area (Å²) in [5.74, 6) is -0.655. The van der Waals surface area contributed by atoms with E-state index in [0.717, 1.165) is 26.1 Å². The molecule has 4 N–H and O–H groups in total. The second-order valence-corrected chi connectivity index (χ2v) is 16.9. The molecule has 8 rings (SSSR count). The van der Waals surface area contributed by atoms with Gasteiger partial charge in [0.2, 0.25) is 0 Å². The molecule has 7 nitrogen and oxygen atoms in total. The molecule has 1 aliphatic rings. The zero-order chi connectivity index (χ0) is 41.0. The number of rotatable bonds is 13. The number of aliphatic hydroxyl groups is 4. The number of hydrogen-bond acceptors (Lipinski definition) is 8. The molecule has 2 heterocycles. The summed E-state index contributed by atoms with van der Waals surface area (Å²) in [6, 6.07) is 52.8. The van der Waals surface area contributed by atoms with Gasteiger partial charge in [-0.15, -0.1) is 11.3 Å². The van der Waals surface area contributed by atoms with Crippen LogP contribution < -0.4 is 0 Å². The molecule has 0 spiro atoms. The van der Waals surface area contributed by atoms with Crippen LogP contribution in [0.25, 0.3) is 10.1 Å².